The van der Waals surface area contributed by atoms with Gasteiger partial charge in [0, 0.05) is 12.0 Å². The van der Waals surface area contributed by atoms with Crippen LogP contribution in [0.2, 0.25) is 0 Å². The summed E-state index contributed by atoms with van der Waals surface area (Å²) in [6, 6.07) is 8.49. The zero-order valence-electron chi connectivity index (χ0n) is 8.34. The third-order valence-electron chi connectivity index (χ3n) is 1.95. The van der Waals surface area contributed by atoms with Gasteiger partial charge in [0.2, 0.25) is 5.70 Å². The van der Waals surface area contributed by atoms with E-state index in [0.717, 1.165) is 6.08 Å². The molecule has 4 nitrogen and oxygen atoms in total. The molecule has 0 spiro atoms. The van der Waals surface area contributed by atoms with E-state index in [4.69, 9.17) is 0 Å². The van der Waals surface area contributed by atoms with Crippen molar-refractivity contribution in [3.05, 3.63) is 57.8 Å². The Morgan fingerprint density at radius 3 is 2.47 bits per heavy atom. The second-order valence-electron chi connectivity index (χ2n) is 2.98. The Kier molecular flexibility index (Phi) is 3.74. The topological polar surface area (TPSA) is 60.2 Å². The summed E-state index contributed by atoms with van der Waals surface area (Å²) < 4.78 is 0. The number of nitrogens with zero attached hydrogens (tertiary/aromatic N) is 1. The summed E-state index contributed by atoms with van der Waals surface area (Å²) in [6.45, 7) is 1.65. The van der Waals surface area contributed by atoms with Crippen molar-refractivity contribution in [2.24, 2.45) is 0 Å². The number of carbonyl (C=O) groups is 1. The molecule has 0 bridgehead atoms. The molecule has 0 N–H and O–H groups in total. The highest BCUT2D eigenvalue weighted by atomic mass is 16.6. The molecule has 1 aromatic carbocycles. The van der Waals surface area contributed by atoms with E-state index in [1.807, 2.05) is 0 Å². The molecule has 0 saturated heterocycles. The van der Waals surface area contributed by atoms with Crippen LogP contribution in [0.4, 0.5) is 0 Å². The van der Waals surface area contributed by atoms with Crippen LogP contribution in [0.15, 0.2) is 42.1 Å². The van der Waals surface area contributed by atoms with E-state index in [9.17, 15) is 14.9 Å². The molecule has 0 atom stereocenters. The molecular formula is C11H11NO3. The van der Waals surface area contributed by atoms with Gasteiger partial charge in [-0.25, -0.2) is 0 Å². The van der Waals surface area contributed by atoms with Gasteiger partial charge in [0.15, 0.2) is 5.78 Å². The van der Waals surface area contributed by atoms with Crippen molar-refractivity contribution in [3.63, 3.8) is 0 Å². The maximum Gasteiger partial charge on any atom is 0.249 e. The van der Waals surface area contributed by atoms with Crippen LogP contribution >= 0.6 is 0 Å². The first-order valence-electron chi connectivity index (χ1n) is 4.59. The fourth-order valence-corrected chi connectivity index (χ4v) is 1.12. The number of rotatable bonds is 4. The predicted molar refractivity (Wildman–Crippen MR) is 56.1 cm³/mol. The quantitative estimate of drug-likeness (QED) is 0.328. The molecule has 78 valence electrons. The third-order valence-corrected chi connectivity index (χ3v) is 1.95. The first kappa shape index (κ1) is 11.1. The lowest BCUT2D eigenvalue weighted by molar-refractivity contribution is -0.427. The van der Waals surface area contributed by atoms with Crippen LogP contribution in [-0.4, -0.2) is 10.7 Å². The van der Waals surface area contributed by atoms with E-state index in [1.165, 1.54) is 0 Å². The van der Waals surface area contributed by atoms with E-state index in [-0.39, 0.29) is 17.9 Å². The molecule has 0 aliphatic heterocycles. The number of hydrogen-bond acceptors (Lipinski definition) is 3. The maximum absolute atomic E-state index is 11.5. The Balaban J connectivity index is 2.92. The van der Waals surface area contributed by atoms with E-state index >= 15 is 0 Å². The van der Waals surface area contributed by atoms with Crippen molar-refractivity contribution < 1.29 is 9.72 Å². The molecule has 0 radical (unpaired) electrons. The Hall–Kier alpha value is -1.97. The number of ketones is 1. The minimum Gasteiger partial charge on any atom is -0.289 e. The van der Waals surface area contributed by atoms with Gasteiger partial charge in [-0.15, -0.1) is 0 Å². The van der Waals surface area contributed by atoms with Gasteiger partial charge in [-0.1, -0.05) is 37.3 Å². The highest BCUT2D eigenvalue weighted by Gasteiger charge is 2.11. The van der Waals surface area contributed by atoms with Crippen LogP contribution in [0.3, 0.4) is 0 Å². The fraction of sp³-hybridized carbons (Fsp3) is 0.182. The first-order chi connectivity index (χ1) is 7.15. The second kappa shape index (κ2) is 5.05. The largest absolute Gasteiger partial charge is 0.289 e. The lowest BCUT2D eigenvalue weighted by Gasteiger charge is -1.95. The van der Waals surface area contributed by atoms with Gasteiger partial charge < -0.3 is 0 Å². The third kappa shape index (κ3) is 3.02. The highest BCUT2D eigenvalue weighted by molar-refractivity contribution is 6.04. The van der Waals surface area contributed by atoms with Crippen molar-refractivity contribution in [1.29, 1.82) is 0 Å². The molecule has 0 aliphatic carbocycles. The predicted octanol–water partition coefficient (Wildman–Crippen LogP) is 2.44. The van der Waals surface area contributed by atoms with Crippen LogP contribution < -0.4 is 0 Å². The molecule has 4 heteroatoms. The summed E-state index contributed by atoms with van der Waals surface area (Å²) >= 11 is 0. The highest BCUT2D eigenvalue weighted by Crippen LogP contribution is 2.06. The van der Waals surface area contributed by atoms with E-state index in [1.54, 1.807) is 37.3 Å². The standard InChI is InChI=1S/C11H11NO3/c1-2-10(12(14)15)8-11(13)9-6-4-3-5-7-9/h3-8H,2H2,1H3/b10-8+. The van der Waals surface area contributed by atoms with Crippen molar-refractivity contribution in [3.8, 4) is 0 Å². The average molecular weight is 205 g/mol. The molecule has 15 heavy (non-hydrogen) atoms. The molecule has 0 heterocycles. The zero-order chi connectivity index (χ0) is 11.3. The van der Waals surface area contributed by atoms with Crippen LogP contribution in [0, 0.1) is 10.1 Å². The van der Waals surface area contributed by atoms with E-state index < -0.39 is 4.92 Å². The Morgan fingerprint density at radius 1 is 1.40 bits per heavy atom. The number of allylic oxidation sites excluding steroid dienone is 2. The van der Waals surface area contributed by atoms with Gasteiger partial charge in [0.1, 0.15) is 0 Å². The summed E-state index contributed by atoms with van der Waals surface area (Å²) in [5.74, 6) is -0.329. The van der Waals surface area contributed by atoms with Gasteiger partial charge in [-0.3, -0.25) is 14.9 Å². The van der Waals surface area contributed by atoms with E-state index in [2.05, 4.69) is 0 Å². The first-order valence-corrected chi connectivity index (χ1v) is 4.59. The number of carbonyl (C=O) groups excluding carboxylic acids is 1. The fourth-order valence-electron chi connectivity index (χ4n) is 1.12. The summed E-state index contributed by atoms with van der Waals surface area (Å²) in [5, 5.41) is 10.5. The average Bonchev–Trinajstić information content (AvgIpc) is 2.26. The lowest BCUT2D eigenvalue weighted by atomic mass is 10.1. The van der Waals surface area contributed by atoms with Crippen LogP contribution in [0.1, 0.15) is 23.7 Å². The van der Waals surface area contributed by atoms with Gasteiger partial charge in [0.05, 0.1) is 11.0 Å². The number of benzene rings is 1. The van der Waals surface area contributed by atoms with Crippen molar-refractivity contribution in [2.75, 3.05) is 0 Å². The number of hydrogen-bond donors (Lipinski definition) is 0. The minimum atomic E-state index is -0.527. The monoisotopic (exact) mass is 205 g/mol. The summed E-state index contributed by atoms with van der Waals surface area (Å²) in [7, 11) is 0. The maximum atomic E-state index is 11.5. The van der Waals surface area contributed by atoms with Crippen molar-refractivity contribution in [1.82, 2.24) is 0 Å². The molecular weight excluding hydrogens is 194 g/mol. The Labute approximate surface area is 87.4 Å². The number of nitro groups is 1. The smallest absolute Gasteiger partial charge is 0.249 e. The molecule has 0 aliphatic rings. The van der Waals surface area contributed by atoms with Crippen LogP contribution in [0.25, 0.3) is 0 Å². The molecule has 1 aromatic rings. The summed E-state index contributed by atoms with van der Waals surface area (Å²) in [6.07, 6.45) is 1.32. The molecule has 0 saturated carbocycles. The van der Waals surface area contributed by atoms with Gasteiger partial charge in [0.25, 0.3) is 0 Å². The molecule has 0 unspecified atom stereocenters. The minimum absolute atomic E-state index is 0.0659. The normalized spacial score (nSPS) is 11.1. The molecule has 0 amide bonds. The molecule has 0 fully saturated rings. The summed E-state index contributed by atoms with van der Waals surface area (Å²) in [4.78, 5) is 21.5. The van der Waals surface area contributed by atoms with Crippen LogP contribution in [0.5, 0.6) is 0 Å². The van der Waals surface area contributed by atoms with Crippen molar-refractivity contribution >= 4 is 5.78 Å². The zero-order valence-corrected chi connectivity index (χ0v) is 8.34. The van der Waals surface area contributed by atoms with Crippen molar-refractivity contribution in [2.45, 2.75) is 13.3 Å². The second-order valence-corrected chi connectivity index (χ2v) is 2.98. The Bertz CT molecular complexity index is 396. The van der Waals surface area contributed by atoms with Crippen LogP contribution in [-0.2, 0) is 0 Å². The van der Waals surface area contributed by atoms with Gasteiger partial charge in [-0.2, -0.15) is 0 Å². The van der Waals surface area contributed by atoms with Gasteiger partial charge in [-0.05, 0) is 0 Å². The molecule has 0 aromatic heterocycles. The SMILES string of the molecule is CC/C(=C\C(=O)c1ccccc1)[N+](=O)[O-]. The van der Waals surface area contributed by atoms with E-state index in [0.29, 0.717) is 5.56 Å². The van der Waals surface area contributed by atoms with Gasteiger partial charge >= 0.3 is 0 Å². The summed E-state index contributed by atoms with van der Waals surface area (Å²) in [5.41, 5.74) is 0.397. The lowest BCUT2D eigenvalue weighted by Crippen LogP contribution is -2.02. The Morgan fingerprint density at radius 2 is 2.00 bits per heavy atom. The molecule has 1 rings (SSSR count).